The van der Waals surface area contributed by atoms with Gasteiger partial charge in [-0.25, -0.2) is 0 Å². The number of carbonyl (C=O) groups is 2. The van der Waals surface area contributed by atoms with E-state index in [-0.39, 0.29) is 17.9 Å². The summed E-state index contributed by atoms with van der Waals surface area (Å²) < 4.78 is 2.08. The van der Waals surface area contributed by atoms with Gasteiger partial charge in [0.25, 0.3) is 5.91 Å². The molecule has 0 saturated carbocycles. The number of allylic oxidation sites excluding steroid dienone is 4. The fourth-order valence-corrected chi connectivity index (χ4v) is 4.15. The maximum Gasteiger partial charge on any atom is 0.274 e. The molecule has 1 atom stereocenters. The van der Waals surface area contributed by atoms with Gasteiger partial charge < -0.3 is 14.4 Å². The van der Waals surface area contributed by atoms with Crippen molar-refractivity contribution in [3.63, 3.8) is 0 Å². The molecule has 1 aliphatic carbocycles. The summed E-state index contributed by atoms with van der Waals surface area (Å²) in [6, 6.07) is 4.03. The monoisotopic (exact) mass is 339 g/mol. The van der Waals surface area contributed by atoms with Crippen molar-refractivity contribution >= 4 is 11.8 Å². The number of amides is 2. The lowest BCUT2D eigenvalue weighted by Crippen LogP contribution is -2.42. The van der Waals surface area contributed by atoms with Crippen LogP contribution in [0.5, 0.6) is 0 Å². The van der Waals surface area contributed by atoms with E-state index in [1.54, 1.807) is 0 Å². The van der Waals surface area contributed by atoms with Gasteiger partial charge in [0.05, 0.1) is 6.04 Å². The minimum atomic E-state index is 0.0493. The van der Waals surface area contributed by atoms with Crippen LogP contribution in [0, 0.1) is 0 Å². The van der Waals surface area contributed by atoms with Crippen LogP contribution in [0.15, 0.2) is 42.3 Å². The second kappa shape index (κ2) is 6.90. The number of fused-ring (bicyclic) bond motifs is 3. The number of hydrogen-bond acceptors (Lipinski definition) is 2. The molecule has 0 N–H and O–H groups in total. The number of aromatic nitrogens is 1. The van der Waals surface area contributed by atoms with Gasteiger partial charge in [0.1, 0.15) is 5.69 Å². The zero-order valence-electron chi connectivity index (χ0n) is 14.6. The third-order valence-electron chi connectivity index (χ3n) is 5.48. The second-order valence-corrected chi connectivity index (χ2v) is 7.07. The molecule has 5 nitrogen and oxygen atoms in total. The van der Waals surface area contributed by atoms with Crippen LogP contribution in [0.2, 0.25) is 0 Å². The lowest BCUT2D eigenvalue weighted by molar-refractivity contribution is -0.132. The number of nitrogens with zero attached hydrogens (tertiary/aromatic N) is 3. The Hall–Kier alpha value is -2.30. The molecular formula is C20H25N3O2. The molecule has 1 unspecified atom stereocenters. The van der Waals surface area contributed by atoms with Gasteiger partial charge in [-0.05, 0) is 50.3 Å². The van der Waals surface area contributed by atoms with E-state index in [0.717, 1.165) is 50.2 Å². The summed E-state index contributed by atoms with van der Waals surface area (Å²) in [5.41, 5.74) is 1.81. The molecule has 25 heavy (non-hydrogen) atoms. The number of carbonyl (C=O) groups excluding carboxylic acids is 2. The Bertz CT molecular complexity index is 725. The summed E-state index contributed by atoms with van der Waals surface area (Å²) in [7, 11) is 0. The normalized spacial score (nSPS) is 22.5. The Kier molecular flexibility index (Phi) is 4.47. The van der Waals surface area contributed by atoms with Crippen LogP contribution in [-0.4, -0.2) is 45.8 Å². The van der Waals surface area contributed by atoms with Crippen molar-refractivity contribution in [1.29, 1.82) is 0 Å². The van der Waals surface area contributed by atoms with Crippen molar-refractivity contribution in [1.82, 2.24) is 14.4 Å². The van der Waals surface area contributed by atoms with Gasteiger partial charge in [0.15, 0.2) is 0 Å². The summed E-state index contributed by atoms with van der Waals surface area (Å²) in [5.74, 6) is 0.287. The Morgan fingerprint density at radius 3 is 2.88 bits per heavy atom. The number of piperidine rings is 1. The van der Waals surface area contributed by atoms with Crippen molar-refractivity contribution in [3.05, 3.63) is 47.9 Å². The average Bonchev–Trinajstić information content (AvgIpc) is 3.15. The lowest BCUT2D eigenvalue weighted by atomic mass is 9.99. The molecule has 1 saturated heterocycles. The zero-order valence-corrected chi connectivity index (χ0v) is 14.6. The molecule has 2 amide bonds. The first-order valence-corrected chi connectivity index (χ1v) is 9.39. The topological polar surface area (TPSA) is 45.6 Å². The Balaban J connectivity index is 1.43. The van der Waals surface area contributed by atoms with E-state index in [2.05, 4.69) is 10.6 Å². The number of hydrogen-bond donors (Lipinski definition) is 0. The predicted octanol–water partition coefficient (Wildman–Crippen LogP) is 3.12. The standard InChI is InChI=1S/C20H25N3O2/c24-19(21-12-4-1-5-13-21)11-7-15-23-17-9-3-2-8-16(17)22-14-6-10-18(22)20(23)25/h2-3,6,9-10,14,16H,1,4-5,7-8,11-13,15H2. The molecule has 4 rings (SSSR count). The molecule has 1 aromatic heterocycles. The van der Waals surface area contributed by atoms with Crippen molar-refractivity contribution < 1.29 is 9.59 Å². The van der Waals surface area contributed by atoms with Crippen molar-refractivity contribution in [2.75, 3.05) is 19.6 Å². The maximum atomic E-state index is 12.9. The van der Waals surface area contributed by atoms with Crippen LogP contribution in [0.4, 0.5) is 0 Å². The van der Waals surface area contributed by atoms with Crippen molar-refractivity contribution in [3.8, 4) is 0 Å². The first kappa shape index (κ1) is 16.2. The number of rotatable bonds is 4. The molecule has 0 radical (unpaired) electrons. The minimum absolute atomic E-state index is 0.0493. The predicted molar refractivity (Wildman–Crippen MR) is 96.0 cm³/mol. The van der Waals surface area contributed by atoms with E-state index in [0.29, 0.717) is 13.0 Å². The van der Waals surface area contributed by atoms with Gasteiger partial charge >= 0.3 is 0 Å². The molecule has 3 heterocycles. The van der Waals surface area contributed by atoms with Crippen molar-refractivity contribution in [2.45, 2.75) is 44.6 Å². The highest BCUT2D eigenvalue weighted by Crippen LogP contribution is 2.35. The SMILES string of the molecule is O=C(CCCN1C(=O)c2cccn2C2CC=CC=C21)N1CCCCC1. The van der Waals surface area contributed by atoms with Gasteiger partial charge in [-0.2, -0.15) is 0 Å². The van der Waals surface area contributed by atoms with E-state index < -0.39 is 0 Å². The molecule has 0 bridgehead atoms. The molecule has 1 fully saturated rings. The summed E-state index contributed by atoms with van der Waals surface area (Å²) in [6.45, 7) is 2.40. The van der Waals surface area contributed by atoms with Gasteiger partial charge in [0.2, 0.25) is 5.91 Å². The van der Waals surface area contributed by atoms with Crippen LogP contribution in [0.3, 0.4) is 0 Å². The molecule has 0 aromatic carbocycles. The van der Waals surface area contributed by atoms with Crippen LogP contribution < -0.4 is 0 Å². The third kappa shape index (κ3) is 3.03. The summed E-state index contributed by atoms with van der Waals surface area (Å²) in [6.07, 6.45) is 13.8. The van der Waals surface area contributed by atoms with Gasteiger partial charge in [0, 0.05) is 37.9 Å². The summed E-state index contributed by atoms with van der Waals surface area (Å²) >= 11 is 0. The highest BCUT2D eigenvalue weighted by molar-refractivity contribution is 5.95. The quantitative estimate of drug-likeness (QED) is 0.846. The first-order chi connectivity index (χ1) is 12.3. The van der Waals surface area contributed by atoms with Gasteiger partial charge in [-0.3, -0.25) is 9.59 Å². The molecule has 3 aliphatic rings. The molecular weight excluding hydrogens is 314 g/mol. The fourth-order valence-electron chi connectivity index (χ4n) is 4.15. The second-order valence-electron chi connectivity index (χ2n) is 7.07. The third-order valence-corrected chi connectivity index (χ3v) is 5.48. The van der Waals surface area contributed by atoms with Gasteiger partial charge in [-0.15, -0.1) is 0 Å². The zero-order chi connectivity index (χ0) is 17.2. The first-order valence-electron chi connectivity index (χ1n) is 9.39. The van der Waals surface area contributed by atoms with E-state index in [1.165, 1.54) is 6.42 Å². The minimum Gasteiger partial charge on any atom is -0.343 e. The van der Waals surface area contributed by atoms with E-state index in [9.17, 15) is 9.59 Å². The highest BCUT2D eigenvalue weighted by Gasteiger charge is 2.34. The van der Waals surface area contributed by atoms with E-state index in [1.807, 2.05) is 40.3 Å². The largest absolute Gasteiger partial charge is 0.343 e. The smallest absolute Gasteiger partial charge is 0.274 e. The van der Waals surface area contributed by atoms with Crippen LogP contribution in [0.25, 0.3) is 0 Å². The molecule has 132 valence electrons. The van der Waals surface area contributed by atoms with Crippen LogP contribution >= 0.6 is 0 Å². The van der Waals surface area contributed by atoms with Crippen LogP contribution in [0.1, 0.15) is 55.1 Å². The number of likely N-dealkylation sites (tertiary alicyclic amines) is 1. The van der Waals surface area contributed by atoms with Gasteiger partial charge in [-0.1, -0.05) is 12.2 Å². The fraction of sp³-hybridized carbons (Fsp3) is 0.500. The Morgan fingerprint density at radius 1 is 1.20 bits per heavy atom. The van der Waals surface area contributed by atoms with Crippen LogP contribution in [-0.2, 0) is 4.79 Å². The summed E-state index contributed by atoms with van der Waals surface area (Å²) in [5, 5.41) is 0. The molecule has 5 heteroatoms. The van der Waals surface area contributed by atoms with E-state index in [4.69, 9.17) is 0 Å². The van der Waals surface area contributed by atoms with E-state index >= 15 is 0 Å². The van der Waals surface area contributed by atoms with Crippen molar-refractivity contribution in [2.24, 2.45) is 0 Å². The average molecular weight is 339 g/mol. The molecule has 2 aliphatic heterocycles. The highest BCUT2D eigenvalue weighted by atomic mass is 16.2. The molecule has 0 spiro atoms. The molecule has 1 aromatic rings. The Labute approximate surface area is 148 Å². The maximum absolute atomic E-state index is 12.9. The lowest BCUT2D eigenvalue weighted by Gasteiger charge is -2.38. The summed E-state index contributed by atoms with van der Waals surface area (Å²) in [4.78, 5) is 29.1. The Morgan fingerprint density at radius 2 is 2.04 bits per heavy atom.